The molecule has 1 aromatic carbocycles. The summed E-state index contributed by atoms with van der Waals surface area (Å²) in [6.45, 7) is 4.09. The highest BCUT2D eigenvalue weighted by molar-refractivity contribution is 6.20. The van der Waals surface area contributed by atoms with Crippen LogP contribution in [-0.4, -0.2) is 14.9 Å². The van der Waals surface area contributed by atoms with E-state index >= 15 is 0 Å². The highest BCUT2D eigenvalue weighted by Crippen LogP contribution is 2.44. The van der Waals surface area contributed by atoms with E-state index in [-0.39, 0.29) is 5.31 Å². The predicted molar refractivity (Wildman–Crippen MR) is 61.7 cm³/mol. The first kappa shape index (κ1) is 9.38. The zero-order chi connectivity index (χ0) is 10.3. The largest absolute Gasteiger partial charge is 0.348 e. The summed E-state index contributed by atoms with van der Waals surface area (Å²) in [6, 6.07) is 8.29. The van der Waals surface area contributed by atoms with E-state index in [4.69, 9.17) is 7.85 Å². The van der Waals surface area contributed by atoms with Crippen molar-refractivity contribution in [1.29, 1.82) is 0 Å². The molecule has 0 fully saturated rings. The number of nitrogens with zero attached hydrogens (tertiary/aromatic N) is 1. The molecule has 0 saturated carbocycles. The van der Waals surface area contributed by atoms with Crippen molar-refractivity contribution in [1.82, 2.24) is 0 Å². The standard InChI is InChI=1S/C12H14BN/c1-4-11-12(2,13)9-7-5-6-8-10(9)14(11)3/h4-8H,1-3H3/b11-4+. The van der Waals surface area contributed by atoms with Crippen LogP contribution in [0.3, 0.4) is 0 Å². The molecular formula is C12H14BN. The minimum Gasteiger partial charge on any atom is -0.348 e. The van der Waals surface area contributed by atoms with Gasteiger partial charge in [0.05, 0.1) is 7.85 Å². The third-order valence-electron chi connectivity index (χ3n) is 2.99. The summed E-state index contributed by atoms with van der Waals surface area (Å²) >= 11 is 0. The summed E-state index contributed by atoms with van der Waals surface area (Å²) in [6.07, 6.45) is 2.08. The van der Waals surface area contributed by atoms with Crippen molar-refractivity contribution in [2.45, 2.75) is 19.2 Å². The first-order chi connectivity index (χ1) is 6.59. The Kier molecular flexibility index (Phi) is 1.95. The van der Waals surface area contributed by atoms with Gasteiger partial charge in [-0.15, -0.1) is 0 Å². The van der Waals surface area contributed by atoms with Crippen molar-refractivity contribution < 1.29 is 0 Å². The molecule has 2 radical (unpaired) electrons. The van der Waals surface area contributed by atoms with E-state index < -0.39 is 0 Å². The minimum atomic E-state index is -0.347. The number of para-hydroxylation sites is 1. The molecule has 0 N–H and O–H groups in total. The maximum absolute atomic E-state index is 6.32. The molecule has 2 rings (SSSR count). The predicted octanol–water partition coefficient (Wildman–Crippen LogP) is 2.42. The Morgan fingerprint density at radius 1 is 1.36 bits per heavy atom. The molecule has 1 atom stereocenters. The lowest BCUT2D eigenvalue weighted by molar-refractivity contribution is 0.811. The van der Waals surface area contributed by atoms with Gasteiger partial charge in [0.2, 0.25) is 0 Å². The molecule has 1 aliphatic rings. The van der Waals surface area contributed by atoms with E-state index in [2.05, 4.69) is 37.1 Å². The number of benzene rings is 1. The Hall–Kier alpha value is -1.18. The van der Waals surface area contributed by atoms with E-state index in [9.17, 15) is 0 Å². The number of allylic oxidation sites excluding steroid dienone is 2. The average Bonchev–Trinajstić information content (AvgIpc) is 2.36. The first-order valence-electron chi connectivity index (χ1n) is 4.88. The van der Waals surface area contributed by atoms with E-state index in [0.717, 1.165) is 0 Å². The van der Waals surface area contributed by atoms with Gasteiger partial charge in [-0.1, -0.05) is 31.2 Å². The fourth-order valence-electron chi connectivity index (χ4n) is 2.31. The lowest BCUT2D eigenvalue weighted by Gasteiger charge is -2.24. The third kappa shape index (κ3) is 1.03. The third-order valence-corrected chi connectivity index (χ3v) is 2.99. The maximum atomic E-state index is 6.32. The molecule has 0 aromatic heterocycles. The van der Waals surface area contributed by atoms with Crippen molar-refractivity contribution in [3.8, 4) is 0 Å². The smallest absolute Gasteiger partial charge is 0.0892 e. The van der Waals surface area contributed by atoms with E-state index in [1.807, 2.05) is 19.1 Å². The molecule has 1 aliphatic heterocycles. The fourth-order valence-corrected chi connectivity index (χ4v) is 2.31. The van der Waals surface area contributed by atoms with Crippen LogP contribution in [0.2, 0.25) is 0 Å². The molecule has 0 spiro atoms. The number of fused-ring (bicyclic) bond motifs is 1. The van der Waals surface area contributed by atoms with Crippen LogP contribution in [0.25, 0.3) is 0 Å². The van der Waals surface area contributed by atoms with Crippen LogP contribution in [0.5, 0.6) is 0 Å². The maximum Gasteiger partial charge on any atom is 0.0892 e. The van der Waals surface area contributed by atoms with Crippen LogP contribution in [0, 0.1) is 0 Å². The van der Waals surface area contributed by atoms with Crippen LogP contribution in [0.4, 0.5) is 5.69 Å². The Balaban J connectivity index is 2.67. The Labute approximate surface area is 86.8 Å². The van der Waals surface area contributed by atoms with Crippen molar-refractivity contribution in [3.05, 3.63) is 41.6 Å². The van der Waals surface area contributed by atoms with Gasteiger partial charge in [0.1, 0.15) is 0 Å². The van der Waals surface area contributed by atoms with Crippen molar-refractivity contribution in [3.63, 3.8) is 0 Å². The molecule has 0 saturated heterocycles. The monoisotopic (exact) mass is 183 g/mol. The second-order valence-electron chi connectivity index (χ2n) is 3.95. The Morgan fingerprint density at radius 2 is 2.00 bits per heavy atom. The fraction of sp³-hybridized carbons (Fsp3) is 0.333. The average molecular weight is 183 g/mol. The molecule has 1 nitrogen and oxygen atoms in total. The second kappa shape index (κ2) is 2.91. The van der Waals surface area contributed by atoms with Crippen LogP contribution in [0.15, 0.2) is 36.0 Å². The molecule has 1 heterocycles. The zero-order valence-corrected chi connectivity index (χ0v) is 8.91. The Bertz CT molecular complexity index is 393. The molecule has 2 heteroatoms. The minimum absolute atomic E-state index is 0.347. The van der Waals surface area contributed by atoms with E-state index in [1.165, 1.54) is 16.9 Å². The van der Waals surface area contributed by atoms with Gasteiger partial charge in [-0.25, -0.2) is 0 Å². The summed E-state index contributed by atoms with van der Waals surface area (Å²) in [4.78, 5) is 2.16. The molecule has 14 heavy (non-hydrogen) atoms. The van der Waals surface area contributed by atoms with Gasteiger partial charge >= 0.3 is 0 Å². The normalized spacial score (nSPS) is 28.2. The molecule has 0 bridgehead atoms. The van der Waals surface area contributed by atoms with Gasteiger partial charge in [-0.3, -0.25) is 0 Å². The first-order valence-corrected chi connectivity index (χ1v) is 4.88. The Morgan fingerprint density at radius 3 is 2.57 bits per heavy atom. The van der Waals surface area contributed by atoms with Crippen molar-refractivity contribution in [2.75, 3.05) is 11.9 Å². The number of hydrogen-bond acceptors (Lipinski definition) is 1. The van der Waals surface area contributed by atoms with Crippen molar-refractivity contribution in [2.24, 2.45) is 0 Å². The van der Waals surface area contributed by atoms with Crippen LogP contribution < -0.4 is 4.90 Å². The summed E-state index contributed by atoms with van der Waals surface area (Å²) in [5, 5.41) is -0.347. The summed E-state index contributed by atoms with van der Waals surface area (Å²) in [7, 11) is 8.39. The molecule has 70 valence electrons. The molecule has 1 unspecified atom stereocenters. The number of anilines is 1. The van der Waals surface area contributed by atoms with Gasteiger partial charge < -0.3 is 4.90 Å². The molecular weight excluding hydrogens is 169 g/mol. The van der Waals surface area contributed by atoms with E-state index in [0.29, 0.717) is 0 Å². The quantitative estimate of drug-likeness (QED) is 0.558. The zero-order valence-electron chi connectivity index (χ0n) is 8.91. The number of likely N-dealkylation sites (N-methyl/N-ethyl adjacent to an activating group) is 1. The highest BCUT2D eigenvalue weighted by Gasteiger charge is 2.36. The summed E-state index contributed by atoms with van der Waals surface area (Å²) < 4.78 is 0. The molecule has 0 aliphatic carbocycles. The second-order valence-corrected chi connectivity index (χ2v) is 3.95. The lowest BCUT2D eigenvalue weighted by Crippen LogP contribution is -2.26. The topological polar surface area (TPSA) is 3.24 Å². The van der Waals surface area contributed by atoms with Crippen molar-refractivity contribution >= 4 is 13.5 Å². The molecule has 0 amide bonds. The van der Waals surface area contributed by atoms with Gasteiger partial charge in [0.25, 0.3) is 0 Å². The number of rotatable bonds is 0. The highest BCUT2D eigenvalue weighted by atomic mass is 15.1. The number of hydrogen-bond donors (Lipinski definition) is 0. The van der Waals surface area contributed by atoms with Crippen LogP contribution in [-0.2, 0) is 5.31 Å². The SMILES string of the molecule is [B]C1(C)/C(=C\C)N(C)c2ccccc21. The van der Waals surface area contributed by atoms with Gasteiger partial charge in [0, 0.05) is 18.4 Å². The van der Waals surface area contributed by atoms with Gasteiger partial charge in [-0.05, 0) is 23.9 Å². The summed E-state index contributed by atoms with van der Waals surface area (Å²) in [5.74, 6) is 0. The molecule has 1 aromatic rings. The summed E-state index contributed by atoms with van der Waals surface area (Å²) in [5.41, 5.74) is 3.58. The van der Waals surface area contributed by atoms with Crippen LogP contribution in [0.1, 0.15) is 19.4 Å². The lowest BCUT2D eigenvalue weighted by atomic mass is 9.65. The van der Waals surface area contributed by atoms with Gasteiger partial charge in [-0.2, -0.15) is 0 Å². The van der Waals surface area contributed by atoms with Crippen LogP contribution >= 0.6 is 0 Å². The van der Waals surface area contributed by atoms with E-state index in [1.54, 1.807) is 0 Å². The van der Waals surface area contributed by atoms with Gasteiger partial charge in [0.15, 0.2) is 0 Å².